The van der Waals surface area contributed by atoms with E-state index in [1.807, 2.05) is 18.7 Å². The molecule has 0 aromatic carbocycles. The lowest BCUT2D eigenvalue weighted by Gasteiger charge is -2.26. The number of sulfonamides is 1. The number of rotatable bonds is 6. The van der Waals surface area contributed by atoms with Crippen LogP contribution in [0.1, 0.15) is 33.6 Å². The monoisotopic (exact) mass is 376 g/mol. The van der Waals surface area contributed by atoms with Crippen LogP contribution in [0.3, 0.4) is 0 Å². The van der Waals surface area contributed by atoms with Crippen molar-refractivity contribution in [2.45, 2.75) is 33.6 Å². The second-order valence-corrected chi connectivity index (χ2v) is 10.2. The molecule has 2 aliphatic rings. The van der Waals surface area contributed by atoms with Crippen LogP contribution in [0.2, 0.25) is 0 Å². The molecule has 1 N–H and O–H groups in total. The molecule has 0 aromatic heterocycles. The van der Waals surface area contributed by atoms with E-state index in [0.29, 0.717) is 25.0 Å². The SMILES string of the molecule is CCNC(=NCCS(=O)(=O)N1CCSCC1)N1CCC(C)(CC)C1. The van der Waals surface area contributed by atoms with E-state index in [9.17, 15) is 8.42 Å². The van der Waals surface area contributed by atoms with Crippen LogP contribution in [0.25, 0.3) is 0 Å². The molecule has 0 aliphatic carbocycles. The topological polar surface area (TPSA) is 65.0 Å². The standard InChI is InChI=1S/C16H32N4O2S2/c1-4-16(3)6-8-19(14-16)15(17-5-2)18-7-13-24(21,22)20-9-11-23-12-10-20/h4-14H2,1-3H3,(H,17,18). The Morgan fingerprint density at radius 3 is 2.54 bits per heavy atom. The van der Waals surface area contributed by atoms with Crippen molar-refractivity contribution in [1.82, 2.24) is 14.5 Å². The van der Waals surface area contributed by atoms with Gasteiger partial charge in [0.25, 0.3) is 0 Å². The van der Waals surface area contributed by atoms with Gasteiger partial charge in [-0.3, -0.25) is 4.99 Å². The van der Waals surface area contributed by atoms with E-state index in [-0.39, 0.29) is 5.75 Å². The summed E-state index contributed by atoms with van der Waals surface area (Å²) < 4.78 is 26.4. The van der Waals surface area contributed by atoms with Gasteiger partial charge in [0.1, 0.15) is 0 Å². The molecule has 0 amide bonds. The molecule has 0 bridgehead atoms. The van der Waals surface area contributed by atoms with Crippen molar-refractivity contribution in [3.8, 4) is 0 Å². The molecule has 140 valence electrons. The molecule has 0 aromatic rings. The number of hydrogen-bond acceptors (Lipinski definition) is 4. The lowest BCUT2D eigenvalue weighted by molar-refractivity contribution is 0.322. The van der Waals surface area contributed by atoms with Crippen molar-refractivity contribution < 1.29 is 8.42 Å². The highest BCUT2D eigenvalue weighted by Gasteiger charge is 2.33. The van der Waals surface area contributed by atoms with E-state index in [4.69, 9.17) is 0 Å². The van der Waals surface area contributed by atoms with Gasteiger partial charge in [-0.2, -0.15) is 11.8 Å². The normalized spacial score (nSPS) is 26.8. The van der Waals surface area contributed by atoms with Gasteiger partial charge in [0.15, 0.2) is 5.96 Å². The smallest absolute Gasteiger partial charge is 0.215 e. The third-order valence-corrected chi connectivity index (χ3v) is 7.81. The Bertz CT molecular complexity index is 532. The minimum Gasteiger partial charge on any atom is -0.357 e. The molecule has 2 aliphatic heterocycles. The predicted molar refractivity (Wildman–Crippen MR) is 103 cm³/mol. The number of hydrogen-bond donors (Lipinski definition) is 1. The van der Waals surface area contributed by atoms with Crippen molar-refractivity contribution >= 4 is 27.7 Å². The molecule has 6 nitrogen and oxygen atoms in total. The van der Waals surface area contributed by atoms with Crippen LogP contribution < -0.4 is 5.32 Å². The molecule has 2 fully saturated rings. The lowest BCUT2D eigenvalue weighted by atomic mass is 9.87. The molecule has 2 rings (SSSR count). The minimum atomic E-state index is -3.18. The maximum absolute atomic E-state index is 12.4. The van der Waals surface area contributed by atoms with Gasteiger partial charge in [-0.15, -0.1) is 0 Å². The van der Waals surface area contributed by atoms with Gasteiger partial charge in [-0.1, -0.05) is 13.8 Å². The van der Waals surface area contributed by atoms with Gasteiger partial charge >= 0.3 is 0 Å². The van der Waals surface area contributed by atoms with Gasteiger partial charge in [0, 0.05) is 44.2 Å². The number of nitrogens with one attached hydrogen (secondary N) is 1. The van der Waals surface area contributed by atoms with E-state index < -0.39 is 10.0 Å². The van der Waals surface area contributed by atoms with Gasteiger partial charge in [0.05, 0.1) is 12.3 Å². The third kappa shape index (κ3) is 5.26. The first-order valence-corrected chi connectivity index (χ1v) is 11.8. The zero-order valence-corrected chi connectivity index (χ0v) is 16.9. The average Bonchev–Trinajstić information content (AvgIpc) is 2.98. The fraction of sp³-hybridized carbons (Fsp3) is 0.938. The van der Waals surface area contributed by atoms with Gasteiger partial charge < -0.3 is 10.2 Å². The van der Waals surface area contributed by atoms with Crippen molar-refractivity contribution in [3.05, 3.63) is 0 Å². The average molecular weight is 377 g/mol. The second kappa shape index (κ2) is 8.76. The molecular formula is C16H32N4O2S2. The quantitative estimate of drug-likeness (QED) is 0.561. The molecule has 0 saturated carbocycles. The zero-order chi connectivity index (χ0) is 17.6. The second-order valence-electron chi connectivity index (χ2n) is 6.90. The molecule has 2 heterocycles. The van der Waals surface area contributed by atoms with Crippen molar-refractivity contribution in [3.63, 3.8) is 0 Å². The van der Waals surface area contributed by atoms with E-state index in [1.165, 1.54) is 0 Å². The molecule has 1 atom stereocenters. The molecule has 24 heavy (non-hydrogen) atoms. The van der Waals surface area contributed by atoms with Crippen LogP contribution in [0.4, 0.5) is 0 Å². The van der Waals surface area contributed by atoms with E-state index >= 15 is 0 Å². The molecule has 2 saturated heterocycles. The Kier molecular flexibility index (Phi) is 7.24. The Morgan fingerprint density at radius 2 is 1.96 bits per heavy atom. The van der Waals surface area contributed by atoms with E-state index in [1.54, 1.807) is 4.31 Å². The first kappa shape index (κ1) is 19.8. The zero-order valence-electron chi connectivity index (χ0n) is 15.3. The van der Waals surface area contributed by atoms with Crippen LogP contribution >= 0.6 is 11.8 Å². The van der Waals surface area contributed by atoms with Gasteiger partial charge in [-0.05, 0) is 25.2 Å². The van der Waals surface area contributed by atoms with Crippen molar-refractivity contribution in [2.24, 2.45) is 10.4 Å². The van der Waals surface area contributed by atoms with Crippen LogP contribution in [-0.2, 0) is 10.0 Å². The number of guanidine groups is 1. The molecule has 0 radical (unpaired) electrons. The van der Waals surface area contributed by atoms with Crippen LogP contribution in [0.15, 0.2) is 4.99 Å². The maximum Gasteiger partial charge on any atom is 0.215 e. The highest BCUT2D eigenvalue weighted by atomic mass is 32.2. The highest BCUT2D eigenvalue weighted by Crippen LogP contribution is 2.32. The molecular weight excluding hydrogens is 344 g/mol. The first-order chi connectivity index (χ1) is 11.4. The lowest BCUT2D eigenvalue weighted by Crippen LogP contribution is -2.42. The first-order valence-electron chi connectivity index (χ1n) is 8.99. The number of aliphatic imine (C=N–C) groups is 1. The summed E-state index contributed by atoms with van der Waals surface area (Å²) in [4.78, 5) is 6.87. The molecule has 8 heteroatoms. The fourth-order valence-electron chi connectivity index (χ4n) is 3.14. The van der Waals surface area contributed by atoms with Crippen LogP contribution in [-0.4, -0.2) is 80.1 Å². The number of thioether (sulfide) groups is 1. The maximum atomic E-state index is 12.4. The molecule has 1 unspecified atom stereocenters. The Labute approximate surface area is 151 Å². The summed E-state index contributed by atoms with van der Waals surface area (Å²) >= 11 is 1.82. The number of likely N-dealkylation sites (tertiary alicyclic amines) is 1. The van der Waals surface area contributed by atoms with E-state index in [2.05, 4.69) is 29.1 Å². The summed E-state index contributed by atoms with van der Waals surface area (Å²) in [5.74, 6) is 2.76. The van der Waals surface area contributed by atoms with Gasteiger partial charge in [0.2, 0.25) is 10.0 Å². The predicted octanol–water partition coefficient (Wildman–Crippen LogP) is 1.45. The summed E-state index contributed by atoms with van der Waals surface area (Å²) in [6.45, 7) is 11.0. The third-order valence-electron chi connectivity index (χ3n) is 5.02. The summed E-state index contributed by atoms with van der Waals surface area (Å²) in [5.41, 5.74) is 0.341. The summed E-state index contributed by atoms with van der Waals surface area (Å²) in [6.07, 6.45) is 2.32. The van der Waals surface area contributed by atoms with Crippen molar-refractivity contribution in [2.75, 3.05) is 56.5 Å². The van der Waals surface area contributed by atoms with E-state index in [0.717, 1.165) is 49.9 Å². The summed E-state index contributed by atoms with van der Waals surface area (Å²) in [7, 11) is -3.18. The molecule has 0 spiro atoms. The van der Waals surface area contributed by atoms with Crippen molar-refractivity contribution in [1.29, 1.82) is 0 Å². The Balaban J connectivity index is 1.93. The Morgan fingerprint density at radius 1 is 1.25 bits per heavy atom. The largest absolute Gasteiger partial charge is 0.357 e. The van der Waals surface area contributed by atoms with Gasteiger partial charge in [-0.25, -0.2) is 12.7 Å². The highest BCUT2D eigenvalue weighted by molar-refractivity contribution is 7.99. The minimum absolute atomic E-state index is 0.103. The van der Waals surface area contributed by atoms with Crippen LogP contribution in [0.5, 0.6) is 0 Å². The summed E-state index contributed by atoms with van der Waals surface area (Å²) in [5, 5.41) is 3.32. The Hall–Kier alpha value is -0.470. The summed E-state index contributed by atoms with van der Waals surface area (Å²) in [6, 6.07) is 0. The van der Waals surface area contributed by atoms with Crippen LogP contribution in [0, 0.1) is 5.41 Å². The fourth-order valence-corrected chi connectivity index (χ4v) is 5.59. The number of nitrogens with zero attached hydrogens (tertiary/aromatic N) is 3.